The van der Waals surface area contributed by atoms with E-state index in [0.29, 0.717) is 6.54 Å². The summed E-state index contributed by atoms with van der Waals surface area (Å²) < 4.78 is 13.8. The average molecular weight is 458 g/mol. The zero-order valence-corrected chi connectivity index (χ0v) is 18.9. The van der Waals surface area contributed by atoms with Gasteiger partial charge in [0.05, 0.1) is 12.6 Å². The SMILES string of the molecule is CC(NC(=O)CNCC1CC1)c1cc(F)ccc1N1CCN(C)CC1.Cl.Cl.Cl. The lowest BCUT2D eigenvalue weighted by Crippen LogP contribution is -2.45. The highest BCUT2D eigenvalue weighted by molar-refractivity contribution is 5.86. The molecule has 1 aliphatic carbocycles. The Labute approximate surface area is 186 Å². The summed E-state index contributed by atoms with van der Waals surface area (Å²) in [5.74, 6) is 0.444. The Morgan fingerprint density at radius 1 is 1.18 bits per heavy atom. The molecule has 5 nitrogen and oxygen atoms in total. The second-order valence-corrected chi connectivity index (χ2v) is 7.36. The van der Waals surface area contributed by atoms with E-state index in [-0.39, 0.29) is 55.0 Å². The van der Waals surface area contributed by atoms with Crippen molar-refractivity contribution in [2.24, 2.45) is 5.92 Å². The number of likely N-dealkylation sites (N-methyl/N-ethyl adjacent to an activating group) is 1. The van der Waals surface area contributed by atoms with E-state index in [1.165, 1.54) is 18.9 Å². The first-order valence-corrected chi connectivity index (χ1v) is 9.26. The molecule has 1 atom stereocenters. The molecule has 28 heavy (non-hydrogen) atoms. The van der Waals surface area contributed by atoms with Crippen LogP contribution in [0.15, 0.2) is 18.2 Å². The van der Waals surface area contributed by atoms with Crippen LogP contribution in [0.5, 0.6) is 0 Å². The van der Waals surface area contributed by atoms with Gasteiger partial charge in [0.15, 0.2) is 0 Å². The number of amides is 1. The smallest absolute Gasteiger partial charge is 0.234 e. The van der Waals surface area contributed by atoms with Gasteiger partial charge in [-0.3, -0.25) is 4.79 Å². The number of carbonyl (C=O) groups excluding carboxylic acids is 1. The standard InChI is InChI=1S/C19H29FN4O.3ClH/c1-14(22-19(25)13-21-12-15-3-4-15)17-11-16(20)5-6-18(17)24-9-7-23(2)8-10-24;;;/h5-6,11,14-15,21H,3-4,7-10,12-13H2,1-2H3,(H,22,25);3*1H. The predicted octanol–water partition coefficient (Wildman–Crippen LogP) is 3.02. The number of hydrogen-bond acceptors (Lipinski definition) is 4. The monoisotopic (exact) mass is 456 g/mol. The van der Waals surface area contributed by atoms with Crippen LogP contribution in [-0.2, 0) is 4.79 Å². The number of nitrogens with one attached hydrogen (secondary N) is 2. The van der Waals surface area contributed by atoms with E-state index < -0.39 is 0 Å². The van der Waals surface area contributed by atoms with Gasteiger partial charge in [-0.1, -0.05) is 0 Å². The van der Waals surface area contributed by atoms with Gasteiger partial charge in [-0.15, -0.1) is 37.2 Å². The van der Waals surface area contributed by atoms with Gasteiger partial charge in [0.25, 0.3) is 0 Å². The maximum absolute atomic E-state index is 13.8. The van der Waals surface area contributed by atoms with Crippen molar-refractivity contribution in [1.82, 2.24) is 15.5 Å². The van der Waals surface area contributed by atoms with E-state index in [9.17, 15) is 9.18 Å². The second-order valence-electron chi connectivity index (χ2n) is 7.36. The molecule has 9 heteroatoms. The van der Waals surface area contributed by atoms with E-state index in [4.69, 9.17) is 0 Å². The number of hydrogen-bond donors (Lipinski definition) is 2. The van der Waals surface area contributed by atoms with Crippen molar-refractivity contribution in [3.8, 4) is 0 Å². The van der Waals surface area contributed by atoms with Crippen LogP contribution in [0, 0.1) is 11.7 Å². The summed E-state index contributed by atoms with van der Waals surface area (Å²) in [6.45, 7) is 6.96. The van der Waals surface area contributed by atoms with Crippen molar-refractivity contribution in [2.45, 2.75) is 25.8 Å². The van der Waals surface area contributed by atoms with Gasteiger partial charge in [-0.05, 0) is 57.5 Å². The Hall–Kier alpha value is -0.790. The molecule has 2 fully saturated rings. The van der Waals surface area contributed by atoms with E-state index in [2.05, 4.69) is 27.5 Å². The summed E-state index contributed by atoms with van der Waals surface area (Å²) in [5, 5.41) is 6.20. The highest BCUT2D eigenvalue weighted by Gasteiger charge is 2.22. The second kappa shape index (κ2) is 12.7. The van der Waals surface area contributed by atoms with Crippen molar-refractivity contribution in [3.63, 3.8) is 0 Å². The van der Waals surface area contributed by atoms with Gasteiger partial charge in [0, 0.05) is 37.4 Å². The van der Waals surface area contributed by atoms with Gasteiger partial charge < -0.3 is 20.4 Å². The molecule has 1 unspecified atom stereocenters. The minimum atomic E-state index is -0.263. The normalized spacial score (nSPS) is 17.6. The molecule has 1 aromatic rings. The topological polar surface area (TPSA) is 47.6 Å². The van der Waals surface area contributed by atoms with Crippen LogP contribution in [0.25, 0.3) is 0 Å². The number of anilines is 1. The summed E-state index contributed by atoms with van der Waals surface area (Å²) in [6.07, 6.45) is 2.53. The van der Waals surface area contributed by atoms with Crippen LogP contribution in [0.3, 0.4) is 0 Å². The summed E-state index contributed by atoms with van der Waals surface area (Å²) in [4.78, 5) is 16.7. The molecule has 1 saturated heterocycles. The fourth-order valence-electron chi connectivity index (χ4n) is 3.29. The molecule has 1 amide bonds. The summed E-state index contributed by atoms with van der Waals surface area (Å²) in [6, 6.07) is 4.67. The van der Waals surface area contributed by atoms with Crippen molar-refractivity contribution in [2.75, 3.05) is 51.2 Å². The first-order chi connectivity index (χ1) is 12.0. The van der Waals surface area contributed by atoms with Crippen LogP contribution in [-0.4, -0.2) is 57.1 Å². The number of piperazine rings is 1. The van der Waals surface area contributed by atoms with E-state index in [0.717, 1.165) is 49.9 Å². The Morgan fingerprint density at radius 3 is 2.43 bits per heavy atom. The molecular formula is C19H32Cl3FN4O. The molecule has 1 heterocycles. The lowest BCUT2D eigenvalue weighted by Gasteiger charge is -2.36. The molecule has 0 aromatic heterocycles. The minimum absolute atomic E-state index is 0. The third-order valence-electron chi connectivity index (χ3n) is 5.09. The molecule has 1 aliphatic heterocycles. The molecule has 1 aromatic carbocycles. The van der Waals surface area contributed by atoms with E-state index >= 15 is 0 Å². The maximum Gasteiger partial charge on any atom is 0.234 e. The Bertz CT molecular complexity index is 611. The summed E-state index contributed by atoms with van der Waals surface area (Å²) >= 11 is 0. The maximum atomic E-state index is 13.8. The van der Waals surface area contributed by atoms with E-state index in [1.807, 2.05) is 13.0 Å². The zero-order chi connectivity index (χ0) is 17.8. The van der Waals surface area contributed by atoms with Gasteiger partial charge >= 0.3 is 0 Å². The first kappa shape index (κ1) is 27.2. The van der Waals surface area contributed by atoms with Gasteiger partial charge in [-0.2, -0.15) is 0 Å². The fraction of sp³-hybridized carbons (Fsp3) is 0.632. The molecule has 0 spiro atoms. The van der Waals surface area contributed by atoms with Gasteiger partial charge in [-0.25, -0.2) is 4.39 Å². The number of benzene rings is 1. The predicted molar refractivity (Wildman–Crippen MR) is 120 cm³/mol. The quantitative estimate of drug-likeness (QED) is 0.661. The van der Waals surface area contributed by atoms with Gasteiger partial charge in [0.2, 0.25) is 5.91 Å². The van der Waals surface area contributed by atoms with Crippen LogP contribution >= 0.6 is 37.2 Å². The molecule has 2 N–H and O–H groups in total. The van der Waals surface area contributed by atoms with Crippen LogP contribution in [0.1, 0.15) is 31.4 Å². The van der Waals surface area contributed by atoms with Crippen LogP contribution in [0.2, 0.25) is 0 Å². The lowest BCUT2D eigenvalue weighted by molar-refractivity contribution is -0.120. The molecular weight excluding hydrogens is 426 g/mol. The van der Waals surface area contributed by atoms with Gasteiger partial charge in [0.1, 0.15) is 5.82 Å². The van der Waals surface area contributed by atoms with Crippen LogP contribution < -0.4 is 15.5 Å². The highest BCUT2D eigenvalue weighted by Crippen LogP contribution is 2.29. The third kappa shape index (κ3) is 7.91. The Morgan fingerprint density at radius 2 is 1.82 bits per heavy atom. The molecule has 0 radical (unpaired) electrons. The molecule has 3 rings (SSSR count). The first-order valence-electron chi connectivity index (χ1n) is 9.26. The zero-order valence-electron chi connectivity index (χ0n) is 16.4. The van der Waals surface area contributed by atoms with Crippen molar-refractivity contribution >= 4 is 48.8 Å². The minimum Gasteiger partial charge on any atom is -0.369 e. The van der Waals surface area contributed by atoms with Crippen molar-refractivity contribution in [1.29, 1.82) is 0 Å². The molecule has 2 aliphatic rings. The average Bonchev–Trinajstić information content (AvgIpc) is 3.40. The number of carbonyl (C=O) groups is 1. The third-order valence-corrected chi connectivity index (χ3v) is 5.09. The summed E-state index contributed by atoms with van der Waals surface area (Å²) in [7, 11) is 2.11. The Kier molecular flexibility index (Phi) is 12.3. The highest BCUT2D eigenvalue weighted by atomic mass is 35.5. The molecule has 1 saturated carbocycles. The number of nitrogens with zero attached hydrogens (tertiary/aromatic N) is 2. The van der Waals surface area contributed by atoms with Crippen LogP contribution in [0.4, 0.5) is 10.1 Å². The summed E-state index contributed by atoms with van der Waals surface area (Å²) in [5.41, 5.74) is 1.87. The fourth-order valence-corrected chi connectivity index (χ4v) is 3.29. The van der Waals surface area contributed by atoms with Crippen molar-refractivity contribution in [3.05, 3.63) is 29.6 Å². The number of rotatable bonds is 7. The number of halogens is 4. The lowest BCUT2D eigenvalue weighted by atomic mass is 10.0. The largest absolute Gasteiger partial charge is 0.369 e. The molecule has 162 valence electrons. The Balaban J connectivity index is 0.00000243. The van der Waals surface area contributed by atoms with E-state index in [1.54, 1.807) is 6.07 Å². The molecule has 0 bridgehead atoms. The van der Waals surface area contributed by atoms with Crippen molar-refractivity contribution < 1.29 is 9.18 Å².